The zero-order valence-corrected chi connectivity index (χ0v) is 14.6. The first-order valence-corrected chi connectivity index (χ1v) is 9.14. The lowest BCUT2D eigenvalue weighted by Crippen LogP contribution is -2.34. The fourth-order valence-electron chi connectivity index (χ4n) is 3.34. The van der Waals surface area contributed by atoms with E-state index in [1.165, 1.54) is 17.8 Å². The molecule has 0 N–H and O–H groups in total. The SMILES string of the molecule is Cn1c(Cn2cccn2)nnc1C1CCCN(Cc2nccs2)C1. The Morgan fingerprint density at radius 1 is 1.25 bits per heavy atom. The van der Waals surface area contributed by atoms with Crippen LogP contribution in [0.15, 0.2) is 30.0 Å². The largest absolute Gasteiger partial charge is 0.316 e. The van der Waals surface area contributed by atoms with Crippen LogP contribution in [0.2, 0.25) is 0 Å². The van der Waals surface area contributed by atoms with Gasteiger partial charge in [0.1, 0.15) is 17.4 Å². The fraction of sp³-hybridized carbons (Fsp3) is 0.500. The van der Waals surface area contributed by atoms with Crippen molar-refractivity contribution in [2.24, 2.45) is 7.05 Å². The summed E-state index contributed by atoms with van der Waals surface area (Å²) in [4.78, 5) is 6.89. The van der Waals surface area contributed by atoms with Crippen molar-refractivity contribution in [3.8, 4) is 0 Å². The minimum Gasteiger partial charge on any atom is -0.316 e. The second-order valence-corrected chi connectivity index (χ2v) is 7.22. The highest BCUT2D eigenvalue weighted by atomic mass is 32.1. The lowest BCUT2D eigenvalue weighted by Gasteiger charge is -2.31. The minimum absolute atomic E-state index is 0.433. The summed E-state index contributed by atoms with van der Waals surface area (Å²) in [5, 5.41) is 16.4. The molecule has 3 aromatic heterocycles. The minimum atomic E-state index is 0.433. The van der Waals surface area contributed by atoms with Crippen molar-refractivity contribution >= 4 is 11.3 Å². The van der Waals surface area contributed by atoms with Gasteiger partial charge in [-0.15, -0.1) is 21.5 Å². The predicted molar refractivity (Wildman–Crippen MR) is 91.7 cm³/mol. The smallest absolute Gasteiger partial charge is 0.154 e. The van der Waals surface area contributed by atoms with Crippen LogP contribution in [0.25, 0.3) is 0 Å². The zero-order chi connectivity index (χ0) is 16.4. The van der Waals surface area contributed by atoms with Crippen LogP contribution in [0.1, 0.15) is 35.4 Å². The first kappa shape index (κ1) is 15.5. The fourth-order valence-corrected chi connectivity index (χ4v) is 4.00. The highest BCUT2D eigenvalue weighted by Gasteiger charge is 2.26. The third kappa shape index (κ3) is 3.25. The molecule has 0 bridgehead atoms. The zero-order valence-electron chi connectivity index (χ0n) is 13.7. The van der Waals surface area contributed by atoms with E-state index >= 15 is 0 Å². The van der Waals surface area contributed by atoms with E-state index in [0.29, 0.717) is 12.5 Å². The second kappa shape index (κ2) is 6.82. The molecule has 8 heteroatoms. The molecule has 0 radical (unpaired) electrons. The molecule has 4 heterocycles. The van der Waals surface area contributed by atoms with Crippen molar-refractivity contribution in [1.82, 2.24) is 34.4 Å². The molecule has 1 aliphatic heterocycles. The van der Waals surface area contributed by atoms with Gasteiger partial charge in [-0.25, -0.2) is 4.98 Å². The number of thiazole rings is 1. The molecule has 0 aromatic carbocycles. The first-order chi connectivity index (χ1) is 11.8. The summed E-state index contributed by atoms with van der Waals surface area (Å²) in [6.07, 6.45) is 7.98. The van der Waals surface area contributed by atoms with Gasteiger partial charge in [-0.3, -0.25) is 9.58 Å². The average Bonchev–Trinajstić information content (AvgIpc) is 3.33. The molecule has 4 rings (SSSR count). The second-order valence-electron chi connectivity index (χ2n) is 6.24. The van der Waals surface area contributed by atoms with Crippen LogP contribution >= 0.6 is 11.3 Å². The number of aromatic nitrogens is 6. The van der Waals surface area contributed by atoms with Crippen LogP contribution in [0, 0.1) is 0 Å². The number of piperidine rings is 1. The van der Waals surface area contributed by atoms with Crippen LogP contribution in [0.4, 0.5) is 0 Å². The Kier molecular flexibility index (Phi) is 4.40. The molecule has 0 spiro atoms. The molecule has 24 heavy (non-hydrogen) atoms. The topological polar surface area (TPSA) is 64.7 Å². The van der Waals surface area contributed by atoms with E-state index < -0.39 is 0 Å². The summed E-state index contributed by atoms with van der Waals surface area (Å²) in [6, 6.07) is 1.93. The molecule has 1 saturated heterocycles. The highest BCUT2D eigenvalue weighted by Crippen LogP contribution is 2.27. The lowest BCUT2D eigenvalue weighted by molar-refractivity contribution is 0.195. The average molecular weight is 343 g/mol. The summed E-state index contributed by atoms with van der Waals surface area (Å²) in [6.45, 7) is 3.75. The van der Waals surface area contributed by atoms with E-state index in [4.69, 9.17) is 0 Å². The van der Waals surface area contributed by atoms with Gasteiger partial charge in [0.25, 0.3) is 0 Å². The van der Waals surface area contributed by atoms with Crippen molar-refractivity contribution in [3.63, 3.8) is 0 Å². The van der Waals surface area contributed by atoms with Crippen LogP contribution in [0.3, 0.4) is 0 Å². The van der Waals surface area contributed by atoms with Crippen molar-refractivity contribution in [3.05, 3.63) is 46.7 Å². The van der Waals surface area contributed by atoms with E-state index in [1.54, 1.807) is 17.5 Å². The Hall–Kier alpha value is -2.06. The van der Waals surface area contributed by atoms with Gasteiger partial charge in [0.05, 0.1) is 6.54 Å². The van der Waals surface area contributed by atoms with Crippen molar-refractivity contribution in [1.29, 1.82) is 0 Å². The Balaban J connectivity index is 1.46. The number of hydrogen-bond acceptors (Lipinski definition) is 6. The summed E-state index contributed by atoms with van der Waals surface area (Å²) in [5.74, 6) is 2.47. The van der Waals surface area contributed by atoms with E-state index in [-0.39, 0.29) is 0 Å². The molecule has 7 nitrogen and oxygen atoms in total. The highest BCUT2D eigenvalue weighted by molar-refractivity contribution is 7.09. The summed E-state index contributed by atoms with van der Waals surface area (Å²) in [5.41, 5.74) is 0. The molecule has 1 atom stereocenters. The van der Waals surface area contributed by atoms with Crippen LogP contribution < -0.4 is 0 Å². The maximum Gasteiger partial charge on any atom is 0.154 e. The monoisotopic (exact) mass is 343 g/mol. The molecule has 126 valence electrons. The first-order valence-electron chi connectivity index (χ1n) is 8.26. The third-order valence-electron chi connectivity index (χ3n) is 4.57. The van der Waals surface area contributed by atoms with Crippen LogP contribution in [-0.2, 0) is 20.1 Å². The van der Waals surface area contributed by atoms with Gasteiger partial charge in [0, 0.05) is 43.5 Å². The van der Waals surface area contributed by atoms with Gasteiger partial charge in [-0.05, 0) is 25.5 Å². The number of hydrogen-bond donors (Lipinski definition) is 0. The van der Waals surface area contributed by atoms with Crippen LogP contribution in [0.5, 0.6) is 0 Å². The molecule has 0 saturated carbocycles. The van der Waals surface area contributed by atoms with Crippen LogP contribution in [-0.4, -0.2) is 47.5 Å². The maximum atomic E-state index is 4.48. The lowest BCUT2D eigenvalue weighted by atomic mass is 9.97. The van der Waals surface area contributed by atoms with E-state index in [1.807, 2.05) is 28.5 Å². The van der Waals surface area contributed by atoms with Crippen molar-refractivity contribution in [2.75, 3.05) is 13.1 Å². The molecule has 1 unspecified atom stereocenters. The van der Waals surface area contributed by atoms with E-state index in [9.17, 15) is 0 Å². The Labute approximate surface area is 145 Å². The third-order valence-corrected chi connectivity index (χ3v) is 5.34. The van der Waals surface area contributed by atoms with Gasteiger partial charge < -0.3 is 4.57 Å². The summed E-state index contributed by atoms with van der Waals surface area (Å²) >= 11 is 1.73. The maximum absolute atomic E-state index is 4.48. The summed E-state index contributed by atoms with van der Waals surface area (Å²) < 4.78 is 4.02. The Morgan fingerprint density at radius 2 is 2.21 bits per heavy atom. The molecule has 0 aliphatic carbocycles. The molecule has 1 aliphatic rings. The van der Waals surface area contributed by atoms with Gasteiger partial charge in [-0.1, -0.05) is 0 Å². The Bertz CT molecular complexity index is 763. The normalized spacial score (nSPS) is 19.0. The molecule has 0 amide bonds. The van der Waals surface area contributed by atoms with Gasteiger partial charge in [0.15, 0.2) is 5.82 Å². The quantitative estimate of drug-likeness (QED) is 0.708. The van der Waals surface area contributed by atoms with Gasteiger partial charge in [0.2, 0.25) is 0 Å². The van der Waals surface area contributed by atoms with Gasteiger partial charge >= 0.3 is 0 Å². The van der Waals surface area contributed by atoms with Crippen molar-refractivity contribution in [2.45, 2.75) is 31.8 Å². The molecular weight excluding hydrogens is 322 g/mol. The summed E-state index contributed by atoms with van der Waals surface area (Å²) in [7, 11) is 2.06. The number of rotatable bonds is 5. The number of likely N-dealkylation sites (tertiary alicyclic amines) is 1. The van der Waals surface area contributed by atoms with Gasteiger partial charge in [-0.2, -0.15) is 5.10 Å². The Morgan fingerprint density at radius 3 is 3.00 bits per heavy atom. The molecular formula is C16H21N7S. The molecule has 3 aromatic rings. The predicted octanol–water partition coefficient (Wildman–Crippen LogP) is 1.90. The number of nitrogens with zero attached hydrogens (tertiary/aromatic N) is 7. The van der Waals surface area contributed by atoms with Crippen molar-refractivity contribution < 1.29 is 0 Å². The van der Waals surface area contributed by atoms with E-state index in [0.717, 1.165) is 31.3 Å². The standard InChI is InChI=1S/C16H21N7S/c1-21-14(11-23-8-3-5-18-23)19-20-16(21)13-4-2-7-22(10-13)12-15-17-6-9-24-15/h3,5-6,8-9,13H,2,4,7,10-12H2,1H3. The van der Waals surface area contributed by atoms with E-state index in [2.05, 4.69) is 36.8 Å². The molecule has 1 fully saturated rings.